The van der Waals surface area contributed by atoms with Crippen molar-refractivity contribution in [2.75, 3.05) is 13.1 Å². The highest BCUT2D eigenvalue weighted by Crippen LogP contribution is 2.23. The van der Waals surface area contributed by atoms with E-state index in [0.29, 0.717) is 32.2 Å². The number of fused-ring (bicyclic) bond motifs is 1. The summed E-state index contributed by atoms with van der Waals surface area (Å²) in [5.41, 5.74) is 18.5. The smallest absolute Gasteiger partial charge is 0.326 e. The van der Waals surface area contributed by atoms with Gasteiger partial charge in [0.05, 0.1) is 6.04 Å². The zero-order valence-electron chi connectivity index (χ0n) is 23.6. The molecule has 1 aromatic heterocycles. The lowest BCUT2D eigenvalue weighted by molar-refractivity contribution is -0.145. The van der Waals surface area contributed by atoms with Crippen molar-refractivity contribution in [2.45, 2.75) is 76.5 Å². The van der Waals surface area contributed by atoms with Crippen molar-refractivity contribution in [1.82, 2.24) is 20.5 Å². The van der Waals surface area contributed by atoms with E-state index in [-0.39, 0.29) is 31.3 Å². The van der Waals surface area contributed by atoms with Gasteiger partial charge in [-0.1, -0.05) is 32.0 Å². The number of aromatic nitrogens is 1. The number of benzene rings is 1. The Morgan fingerprint density at radius 2 is 1.88 bits per heavy atom. The molecule has 0 spiro atoms. The average Bonchev–Trinajstić information content (AvgIpc) is 3.56. The zero-order valence-corrected chi connectivity index (χ0v) is 23.6. The van der Waals surface area contributed by atoms with Gasteiger partial charge in [0.15, 0.2) is 5.96 Å². The van der Waals surface area contributed by atoms with Gasteiger partial charge < -0.3 is 42.8 Å². The molecule has 1 aromatic carbocycles. The van der Waals surface area contributed by atoms with Gasteiger partial charge in [-0.2, -0.15) is 0 Å². The molecule has 1 aliphatic rings. The van der Waals surface area contributed by atoms with Crippen molar-refractivity contribution in [3.8, 4) is 0 Å². The number of likely N-dealkylation sites (tertiary alicyclic amines) is 1. The van der Waals surface area contributed by atoms with Crippen molar-refractivity contribution in [2.24, 2.45) is 28.1 Å². The van der Waals surface area contributed by atoms with Crippen LogP contribution in [0.25, 0.3) is 10.9 Å². The highest BCUT2D eigenvalue weighted by Gasteiger charge is 2.39. The van der Waals surface area contributed by atoms with Gasteiger partial charge in [0.25, 0.3) is 0 Å². The topological polar surface area (TPSA) is 222 Å². The fourth-order valence-corrected chi connectivity index (χ4v) is 5.15. The standard InChI is InChI=1S/C28H42N8O5/c1-16(2)13-19(29)24(37)35-22(14-17-15-33-20-8-4-3-7-18(17)20)26(39)36-12-6-10-23(36)25(38)34-21(27(40)41)9-5-11-32-28(30)31/h3-4,7-8,15-16,19,21-23,33H,5-6,9-14,29H2,1-2H3,(H,34,38)(H,35,37)(H,40,41)(H4,30,31,32). The molecule has 4 unspecified atom stereocenters. The van der Waals surface area contributed by atoms with Crippen molar-refractivity contribution >= 4 is 40.6 Å². The minimum absolute atomic E-state index is 0.0968. The van der Waals surface area contributed by atoms with E-state index in [4.69, 9.17) is 17.2 Å². The van der Waals surface area contributed by atoms with Crippen LogP contribution in [0.5, 0.6) is 0 Å². The molecule has 224 valence electrons. The number of nitrogens with one attached hydrogen (secondary N) is 3. The molecule has 4 atom stereocenters. The van der Waals surface area contributed by atoms with Gasteiger partial charge in [-0.15, -0.1) is 0 Å². The van der Waals surface area contributed by atoms with Gasteiger partial charge in [-0.3, -0.25) is 19.4 Å². The van der Waals surface area contributed by atoms with Gasteiger partial charge in [-0.05, 0) is 49.7 Å². The van der Waals surface area contributed by atoms with E-state index in [1.165, 1.54) is 4.90 Å². The normalized spacial score (nSPS) is 17.2. The van der Waals surface area contributed by atoms with Crippen molar-refractivity contribution < 1.29 is 24.3 Å². The largest absolute Gasteiger partial charge is 0.480 e. The maximum absolute atomic E-state index is 13.9. The number of para-hydroxylation sites is 1. The number of hydrogen-bond donors (Lipinski definition) is 7. The van der Waals surface area contributed by atoms with E-state index in [1.807, 2.05) is 38.1 Å². The summed E-state index contributed by atoms with van der Waals surface area (Å²) in [5.74, 6) is -2.52. The minimum atomic E-state index is -1.19. The van der Waals surface area contributed by atoms with Crippen molar-refractivity contribution in [1.29, 1.82) is 0 Å². The van der Waals surface area contributed by atoms with Gasteiger partial charge in [0, 0.05) is 36.6 Å². The van der Waals surface area contributed by atoms with Crippen LogP contribution in [-0.2, 0) is 25.6 Å². The fourth-order valence-electron chi connectivity index (χ4n) is 5.15. The monoisotopic (exact) mass is 570 g/mol. The molecule has 13 nitrogen and oxygen atoms in total. The van der Waals surface area contributed by atoms with Crippen molar-refractivity contribution in [3.63, 3.8) is 0 Å². The molecule has 10 N–H and O–H groups in total. The number of rotatable bonds is 14. The summed E-state index contributed by atoms with van der Waals surface area (Å²) < 4.78 is 0. The molecular weight excluding hydrogens is 528 g/mol. The summed E-state index contributed by atoms with van der Waals surface area (Å²) >= 11 is 0. The van der Waals surface area contributed by atoms with E-state index in [1.54, 1.807) is 6.20 Å². The first-order valence-electron chi connectivity index (χ1n) is 14.0. The molecule has 13 heteroatoms. The van der Waals surface area contributed by atoms with Gasteiger partial charge in [0.1, 0.15) is 18.1 Å². The second-order valence-electron chi connectivity index (χ2n) is 10.9. The fraction of sp³-hybridized carbons (Fsp3) is 0.536. The van der Waals surface area contributed by atoms with E-state index in [9.17, 15) is 24.3 Å². The first kappa shape index (κ1) is 31.4. The average molecular weight is 571 g/mol. The Morgan fingerprint density at radius 3 is 2.56 bits per heavy atom. The Balaban J connectivity index is 1.78. The SMILES string of the molecule is CC(C)CC(N)C(=O)NC(Cc1c[nH]c2ccccc12)C(=O)N1CCCC1C(=O)NC(CCCN=C(N)N)C(=O)O. The number of nitrogens with zero attached hydrogens (tertiary/aromatic N) is 2. The summed E-state index contributed by atoms with van der Waals surface area (Å²) in [6.07, 6.45) is 3.85. The van der Waals surface area contributed by atoms with E-state index < -0.39 is 47.9 Å². The highest BCUT2D eigenvalue weighted by atomic mass is 16.4. The number of nitrogens with two attached hydrogens (primary N) is 3. The van der Waals surface area contributed by atoms with Crippen molar-refractivity contribution in [3.05, 3.63) is 36.0 Å². The lowest BCUT2D eigenvalue weighted by atomic mass is 10.0. The maximum Gasteiger partial charge on any atom is 0.326 e. The Hall–Kier alpha value is -4.13. The van der Waals surface area contributed by atoms with E-state index in [2.05, 4.69) is 20.6 Å². The molecule has 2 aromatic rings. The second kappa shape index (κ2) is 14.5. The molecule has 1 saturated heterocycles. The zero-order chi connectivity index (χ0) is 30.1. The van der Waals surface area contributed by atoms with Crippen LogP contribution in [-0.4, -0.2) is 81.9 Å². The number of aromatic amines is 1. The molecule has 1 aliphatic heterocycles. The van der Waals surface area contributed by atoms with Crippen LogP contribution in [0.4, 0.5) is 0 Å². The quantitative estimate of drug-likeness (QED) is 0.0940. The summed E-state index contributed by atoms with van der Waals surface area (Å²) in [5, 5.41) is 16.0. The highest BCUT2D eigenvalue weighted by molar-refractivity contribution is 5.95. The number of carbonyl (C=O) groups is 4. The van der Waals surface area contributed by atoms with Crippen LogP contribution >= 0.6 is 0 Å². The Labute approximate surface area is 239 Å². The number of H-pyrrole nitrogens is 1. The number of aliphatic carboxylic acids is 1. The third-order valence-electron chi connectivity index (χ3n) is 7.17. The first-order valence-corrected chi connectivity index (χ1v) is 14.0. The van der Waals surface area contributed by atoms with E-state index in [0.717, 1.165) is 16.5 Å². The Morgan fingerprint density at radius 1 is 1.15 bits per heavy atom. The minimum Gasteiger partial charge on any atom is -0.480 e. The van der Waals surface area contributed by atoms with Crippen LogP contribution in [0.3, 0.4) is 0 Å². The molecule has 3 rings (SSSR count). The van der Waals surface area contributed by atoms with Crippen LogP contribution in [0.15, 0.2) is 35.5 Å². The molecule has 3 amide bonds. The lowest BCUT2D eigenvalue weighted by Crippen LogP contribution is -2.57. The lowest BCUT2D eigenvalue weighted by Gasteiger charge is -2.30. The number of guanidine groups is 1. The third-order valence-corrected chi connectivity index (χ3v) is 7.17. The van der Waals surface area contributed by atoms with Gasteiger partial charge >= 0.3 is 5.97 Å². The number of aliphatic imine (C=N–C) groups is 1. The predicted molar refractivity (Wildman–Crippen MR) is 156 cm³/mol. The summed E-state index contributed by atoms with van der Waals surface area (Å²) in [6.45, 7) is 4.45. The molecular formula is C28H42N8O5. The van der Waals surface area contributed by atoms with E-state index >= 15 is 0 Å². The number of hydrogen-bond acceptors (Lipinski definition) is 6. The van der Waals surface area contributed by atoms with Crippen LogP contribution in [0.2, 0.25) is 0 Å². The van der Waals surface area contributed by atoms with Crippen LogP contribution in [0, 0.1) is 5.92 Å². The Kier molecular flexibility index (Phi) is 11.1. The Bertz CT molecular complexity index is 1260. The second-order valence-corrected chi connectivity index (χ2v) is 10.9. The third kappa shape index (κ3) is 8.68. The van der Waals surface area contributed by atoms with Crippen LogP contribution in [0.1, 0.15) is 51.5 Å². The summed E-state index contributed by atoms with van der Waals surface area (Å²) in [6, 6.07) is 3.86. The number of amides is 3. The van der Waals surface area contributed by atoms with Gasteiger partial charge in [-0.25, -0.2) is 4.79 Å². The number of carboxylic acid groups (broad SMARTS) is 1. The molecule has 41 heavy (non-hydrogen) atoms. The predicted octanol–water partition coefficient (Wildman–Crippen LogP) is 0.183. The molecule has 0 saturated carbocycles. The molecule has 0 aliphatic carbocycles. The maximum atomic E-state index is 13.9. The first-order chi connectivity index (χ1) is 19.5. The molecule has 0 radical (unpaired) electrons. The van der Waals surface area contributed by atoms with Gasteiger partial charge in [0.2, 0.25) is 17.7 Å². The molecule has 0 bridgehead atoms. The summed E-state index contributed by atoms with van der Waals surface area (Å²) in [7, 11) is 0. The summed E-state index contributed by atoms with van der Waals surface area (Å²) in [4.78, 5) is 60.4. The number of carboxylic acids is 1. The molecule has 2 heterocycles. The van der Waals surface area contributed by atoms with Crippen LogP contribution < -0.4 is 27.8 Å². The molecule has 1 fully saturated rings. The number of carbonyl (C=O) groups excluding carboxylic acids is 3.